The fraction of sp³-hybridized carbons (Fsp3) is 1.00. The Morgan fingerprint density at radius 3 is 2.16 bits per heavy atom. The molecule has 2 rings (SSSR count). The number of rotatable bonds is 2. The summed E-state index contributed by atoms with van der Waals surface area (Å²) in [5.74, 6) is 1.49. The first-order valence-electron chi connectivity index (χ1n) is 8.21. The summed E-state index contributed by atoms with van der Waals surface area (Å²) in [5, 5.41) is 0. The van der Waals surface area contributed by atoms with Crippen LogP contribution >= 0.6 is 0 Å². The fourth-order valence-corrected chi connectivity index (χ4v) is 3.67. The molecule has 0 spiro atoms. The van der Waals surface area contributed by atoms with E-state index < -0.39 is 0 Å². The molecule has 1 aliphatic carbocycles. The molecule has 1 saturated carbocycles. The minimum atomic E-state index is 0.0645. The topological polar surface area (TPSA) is 18.5 Å². The van der Waals surface area contributed by atoms with Gasteiger partial charge in [-0.2, -0.15) is 0 Å². The zero-order valence-corrected chi connectivity index (χ0v) is 13.4. The predicted octanol–water partition coefficient (Wildman–Crippen LogP) is 4.77. The minimum absolute atomic E-state index is 0.0645. The summed E-state index contributed by atoms with van der Waals surface area (Å²) >= 11 is 0. The SMILES string of the molecule is CCC1CC(C)OC(C2CCC(C(C)(C)C)CC2)O1. The molecule has 0 aromatic rings. The van der Waals surface area contributed by atoms with Crippen LogP contribution in [0, 0.1) is 17.3 Å². The van der Waals surface area contributed by atoms with Crippen molar-refractivity contribution in [2.75, 3.05) is 0 Å². The van der Waals surface area contributed by atoms with Crippen molar-refractivity contribution >= 4 is 0 Å². The van der Waals surface area contributed by atoms with Crippen molar-refractivity contribution < 1.29 is 9.47 Å². The van der Waals surface area contributed by atoms with Crippen molar-refractivity contribution in [2.24, 2.45) is 17.3 Å². The molecule has 112 valence electrons. The van der Waals surface area contributed by atoms with Gasteiger partial charge in [0.25, 0.3) is 0 Å². The lowest BCUT2D eigenvalue weighted by Gasteiger charge is -2.42. The van der Waals surface area contributed by atoms with Gasteiger partial charge in [-0.05, 0) is 56.8 Å². The number of hydrogen-bond acceptors (Lipinski definition) is 2. The highest BCUT2D eigenvalue weighted by molar-refractivity contribution is 4.83. The van der Waals surface area contributed by atoms with Gasteiger partial charge in [0.05, 0.1) is 12.2 Å². The van der Waals surface area contributed by atoms with Crippen molar-refractivity contribution in [3.8, 4) is 0 Å². The first-order valence-corrected chi connectivity index (χ1v) is 8.21. The van der Waals surface area contributed by atoms with Crippen LogP contribution in [0.3, 0.4) is 0 Å². The molecular weight excluding hydrogens is 236 g/mol. The molecule has 2 heteroatoms. The van der Waals surface area contributed by atoms with Crippen LogP contribution in [0.5, 0.6) is 0 Å². The van der Waals surface area contributed by atoms with Crippen LogP contribution in [0.2, 0.25) is 0 Å². The maximum atomic E-state index is 6.14. The molecule has 2 aliphatic rings. The van der Waals surface area contributed by atoms with Crippen LogP contribution in [0.1, 0.15) is 73.1 Å². The molecule has 0 aromatic carbocycles. The molecule has 1 saturated heterocycles. The van der Waals surface area contributed by atoms with Gasteiger partial charge in [-0.1, -0.05) is 27.7 Å². The highest BCUT2D eigenvalue weighted by Crippen LogP contribution is 2.42. The summed E-state index contributed by atoms with van der Waals surface area (Å²) in [6.45, 7) is 11.5. The first kappa shape index (κ1) is 15.3. The first-order chi connectivity index (χ1) is 8.90. The molecule has 0 bridgehead atoms. The second-order valence-corrected chi connectivity index (χ2v) is 7.69. The fourth-order valence-electron chi connectivity index (χ4n) is 3.67. The second kappa shape index (κ2) is 6.13. The summed E-state index contributed by atoms with van der Waals surface area (Å²) in [7, 11) is 0. The smallest absolute Gasteiger partial charge is 0.161 e. The normalized spacial score (nSPS) is 41.2. The van der Waals surface area contributed by atoms with Crippen molar-refractivity contribution in [1.82, 2.24) is 0 Å². The molecule has 0 aromatic heterocycles. The lowest BCUT2D eigenvalue weighted by atomic mass is 9.69. The molecule has 3 atom stereocenters. The Morgan fingerprint density at radius 1 is 1.00 bits per heavy atom. The Morgan fingerprint density at radius 2 is 1.63 bits per heavy atom. The zero-order chi connectivity index (χ0) is 14.0. The molecule has 0 N–H and O–H groups in total. The Labute approximate surface area is 119 Å². The molecule has 0 amide bonds. The molecular formula is C17H32O2. The third-order valence-electron chi connectivity index (χ3n) is 5.12. The number of ether oxygens (including phenoxy) is 2. The van der Waals surface area contributed by atoms with Gasteiger partial charge in [-0.3, -0.25) is 0 Å². The molecule has 3 unspecified atom stereocenters. The van der Waals surface area contributed by atoms with Crippen LogP contribution in [0.4, 0.5) is 0 Å². The van der Waals surface area contributed by atoms with Crippen molar-refractivity contribution in [2.45, 2.75) is 91.6 Å². The van der Waals surface area contributed by atoms with Gasteiger partial charge in [0.2, 0.25) is 0 Å². The molecule has 1 heterocycles. The molecule has 1 aliphatic heterocycles. The second-order valence-electron chi connectivity index (χ2n) is 7.69. The van der Waals surface area contributed by atoms with E-state index in [9.17, 15) is 0 Å². The quantitative estimate of drug-likeness (QED) is 0.718. The van der Waals surface area contributed by atoms with E-state index >= 15 is 0 Å². The summed E-state index contributed by atoms with van der Waals surface area (Å²) in [6.07, 6.45) is 8.23. The van der Waals surface area contributed by atoms with E-state index in [1.54, 1.807) is 0 Å². The molecule has 2 nitrogen and oxygen atoms in total. The van der Waals surface area contributed by atoms with Gasteiger partial charge in [-0.15, -0.1) is 0 Å². The summed E-state index contributed by atoms with van der Waals surface area (Å²) in [4.78, 5) is 0. The van der Waals surface area contributed by atoms with E-state index in [1.807, 2.05) is 0 Å². The van der Waals surface area contributed by atoms with Crippen molar-refractivity contribution in [1.29, 1.82) is 0 Å². The van der Waals surface area contributed by atoms with E-state index in [0.29, 0.717) is 23.5 Å². The Kier molecular flexibility index (Phi) is 4.94. The maximum Gasteiger partial charge on any atom is 0.161 e. The van der Waals surface area contributed by atoms with Gasteiger partial charge in [0, 0.05) is 5.92 Å². The minimum Gasteiger partial charge on any atom is -0.349 e. The van der Waals surface area contributed by atoms with E-state index in [2.05, 4.69) is 34.6 Å². The van der Waals surface area contributed by atoms with Crippen molar-refractivity contribution in [3.63, 3.8) is 0 Å². The summed E-state index contributed by atoms with van der Waals surface area (Å²) in [5.41, 5.74) is 0.457. The van der Waals surface area contributed by atoms with E-state index in [0.717, 1.165) is 18.8 Å². The van der Waals surface area contributed by atoms with Gasteiger partial charge < -0.3 is 9.47 Å². The lowest BCUT2D eigenvalue weighted by Crippen LogP contribution is -2.42. The maximum absolute atomic E-state index is 6.14. The van der Waals surface area contributed by atoms with Crippen LogP contribution in [-0.2, 0) is 9.47 Å². The average molecular weight is 268 g/mol. The average Bonchev–Trinajstić information content (AvgIpc) is 2.37. The van der Waals surface area contributed by atoms with Crippen LogP contribution < -0.4 is 0 Å². The van der Waals surface area contributed by atoms with Crippen molar-refractivity contribution in [3.05, 3.63) is 0 Å². The summed E-state index contributed by atoms with van der Waals surface area (Å²) in [6, 6.07) is 0. The Bertz CT molecular complexity index is 273. The van der Waals surface area contributed by atoms with E-state index in [4.69, 9.17) is 9.47 Å². The predicted molar refractivity (Wildman–Crippen MR) is 79.0 cm³/mol. The third-order valence-corrected chi connectivity index (χ3v) is 5.12. The van der Waals surface area contributed by atoms with Crippen LogP contribution in [-0.4, -0.2) is 18.5 Å². The molecule has 0 radical (unpaired) electrons. The lowest BCUT2D eigenvalue weighted by molar-refractivity contribution is -0.264. The van der Waals surface area contributed by atoms with E-state index in [-0.39, 0.29) is 6.29 Å². The number of hydrogen-bond donors (Lipinski definition) is 0. The molecule has 2 fully saturated rings. The van der Waals surface area contributed by atoms with Crippen LogP contribution in [0.15, 0.2) is 0 Å². The standard InChI is InChI=1S/C17H32O2/c1-6-15-11-12(2)18-16(19-15)13-7-9-14(10-8-13)17(3,4)5/h12-16H,6-11H2,1-5H3. The Hall–Kier alpha value is -0.0800. The monoisotopic (exact) mass is 268 g/mol. The van der Waals surface area contributed by atoms with Gasteiger partial charge in [0.15, 0.2) is 6.29 Å². The largest absolute Gasteiger partial charge is 0.349 e. The molecule has 19 heavy (non-hydrogen) atoms. The highest BCUT2D eigenvalue weighted by atomic mass is 16.7. The van der Waals surface area contributed by atoms with Gasteiger partial charge in [0.1, 0.15) is 0 Å². The Balaban J connectivity index is 1.87. The van der Waals surface area contributed by atoms with Gasteiger partial charge in [-0.25, -0.2) is 0 Å². The van der Waals surface area contributed by atoms with Crippen LogP contribution in [0.25, 0.3) is 0 Å². The van der Waals surface area contributed by atoms with Gasteiger partial charge >= 0.3 is 0 Å². The third kappa shape index (κ3) is 3.95. The zero-order valence-electron chi connectivity index (χ0n) is 13.4. The van der Waals surface area contributed by atoms with E-state index in [1.165, 1.54) is 25.7 Å². The highest BCUT2D eigenvalue weighted by Gasteiger charge is 2.37. The summed E-state index contributed by atoms with van der Waals surface area (Å²) < 4.78 is 12.2.